The Balaban J connectivity index is 1.66. The van der Waals surface area contributed by atoms with Crippen LogP contribution in [0.3, 0.4) is 0 Å². The number of amides is 2. The van der Waals surface area contributed by atoms with Gasteiger partial charge in [-0.1, -0.05) is 24.8 Å². The average Bonchev–Trinajstić information content (AvgIpc) is 3.01. The van der Waals surface area contributed by atoms with Crippen LogP contribution in [0, 0.1) is 5.82 Å². The van der Waals surface area contributed by atoms with Crippen molar-refractivity contribution in [3.63, 3.8) is 0 Å². The zero-order valence-corrected chi connectivity index (χ0v) is 16.6. The number of ether oxygens (including phenoxy) is 1. The van der Waals surface area contributed by atoms with E-state index >= 15 is 0 Å². The van der Waals surface area contributed by atoms with Crippen molar-refractivity contribution in [2.45, 2.75) is 13.0 Å². The highest BCUT2D eigenvalue weighted by atomic mass is 32.1. The summed E-state index contributed by atoms with van der Waals surface area (Å²) in [6, 6.07) is 4.73. The first kappa shape index (κ1) is 19.7. The summed E-state index contributed by atoms with van der Waals surface area (Å²) in [6.07, 6.45) is -1.06. The molecule has 0 unspecified atom stereocenters. The standard InChI is InChI=1S/C17H21FN4O3S2/c1-11(26)20-4-6-21(7-5-20)15-3-2-12(8-14(15)18)22-10-13(25-17(22)24)9-19-16(23)27/h2-3,8,13H,4-7,9-10H2,1H3,(H2,19,23,27)/t13-/m0/s1. The maximum Gasteiger partial charge on any atom is 0.414 e. The highest BCUT2D eigenvalue weighted by Gasteiger charge is 2.33. The third-order valence-corrected chi connectivity index (χ3v) is 5.08. The van der Waals surface area contributed by atoms with Crippen LogP contribution in [0.1, 0.15) is 6.92 Å². The molecule has 2 aliphatic heterocycles. The predicted molar refractivity (Wildman–Crippen MR) is 108 cm³/mol. The fourth-order valence-corrected chi connectivity index (χ4v) is 3.50. The lowest BCUT2D eigenvalue weighted by molar-refractivity contribution is 0.141. The van der Waals surface area contributed by atoms with Gasteiger partial charge in [0.15, 0.2) is 0 Å². The molecule has 0 spiro atoms. The zero-order chi connectivity index (χ0) is 19.6. The van der Waals surface area contributed by atoms with Gasteiger partial charge in [0.1, 0.15) is 11.9 Å². The van der Waals surface area contributed by atoms with Crippen molar-refractivity contribution in [3.8, 4) is 0 Å². The van der Waals surface area contributed by atoms with E-state index in [-0.39, 0.29) is 18.9 Å². The molecule has 2 fully saturated rings. The van der Waals surface area contributed by atoms with Gasteiger partial charge < -0.3 is 19.9 Å². The molecule has 27 heavy (non-hydrogen) atoms. The smallest absolute Gasteiger partial charge is 0.414 e. The average molecular weight is 413 g/mol. The minimum atomic E-state index is -0.564. The Kier molecular flexibility index (Phi) is 6.05. The molecule has 1 atom stereocenters. The van der Waals surface area contributed by atoms with Crippen molar-refractivity contribution in [3.05, 3.63) is 24.0 Å². The molecule has 1 aromatic rings. The van der Waals surface area contributed by atoms with Crippen molar-refractivity contribution in [2.75, 3.05) is 49.1 Å². The SMILES string of the molecule is CC(=S)N1CCN(c2ccc(N3C[C@H](CNC(=O)S)OC3=O)cc2F)CC1. The molecule has 0 saturated carbocycles. The van der Waals surface area contributed by atoms with E-state index in [4.69, 9.17) is 17.0 Å². The third kappa shape index (κ3) is 4.62. The number of hydrogen-bond acceptors (Lipinski definition) is 5. The number of thiocarbonyl (C=S) groups is 1. The number of rotatable bonds is 4. The van der Waals surface area contributed by atoms with Gasteiger partial charge in [-0.05, 0) is 25.1 Å². The van der Waals surface area contributed by atoms with Crippen LogP contribution in [0.15, 0.2) is 18.2 Å². The summed E-state index contributed by atoms with van der Waals surface area (Å²) in [6.45, 7) is 5.17. The van der Waals surface area contributed by atoms with Crippen LogP contribution in [0.25, 0.3) is 0 Å². The molecule has 2 aliphatic rings. The molecule has 7 nitrogen and oxygen atoms in total. The summed E-state index contributed by atoms with van der Waals surface area (Å²) < 4.78 is 19.9. The van der Waals surface area contributed by atoms with E-state index in [2.05, 4.69) is 22.8 Å². The first-order valence-corrected chi connectivity index (χ1v) is 9.45. The number of cyclic esters (lactones) is 1. The summed E-state index contributed by atoms with van der Waals surface area (Å²) >= 11 is 8.79. The van der Waals surface area contributed by atoms with Gasteiger partial charge in [-0.2, -0.15) is 0 Å². The number of halogens is 1. The first-order valence-electron chi connectivity index (χ1n) is 8.60. The van der Waals surface area contributed by atoms with Crippen molar-refractivity contribution < 1.29 is 18.7 Å². The molecule has 0 radical (unpaired) electrons. The van der Waals surface area contributed by atoms with Crippen LogP contribution in [0.4, 0.5) is 25.4 Å². The van der Waals surface area contributed by atoms with Crippen molar-refractivity contribution in [1.29, 1.82) is 0 Å². The van der Waals surface area contributed by atoms with Gasteiger partial charge in [0.2, 0.25) is 0 Å². The lowest BCUT2D eigenvalue weighted by Gasteiger charge is -2.37. The van der Waals surface area contributed by atoms with E-state index in [1.807, 2.05) is 11.8 Å². The number of benzene rings is 1. The number of thiol groups is 1. The number of hydrogen-bond donors (Lipinski definition) is 2. The quantitative estimate of drug-likeness (QED) is 0.584. The maximum absolute atomic E-state index is 14.7. The molecular weight excluding hydrogens is 391 g/mol. The molecule has 146 valence electrons. The predicted octanol–water partition coefficient (Wildman–Crippen LogP) is 2.26. The second kappa shape index (κ2) is 8.30. The van der Waals surface area contributed by atoms with Gasteiger partial charge in [0, 0.05) is 26.2 Å². The molecule has 1 N–H and O–H groups in total. The van der Waals surface area contributed by atoms with E-state index in [0.717, 1.165) is 18.1 Å². The molecular formula is C17H21FN4O3S2. The summed E-state index contributed by atoms with van der Waals surface area (Å²) in [5, 5.41) is 1.99. The van der Waals surface area contributed by atoms with Crippen LogP contribution >= 0.6 is 24.8 Å². The fourth-order valence-electron chi connectivity index (χ4n) is 3.22. The Bertz CT molecular complexity index is 756. The largest absolute Gasteiger partial charge is 0.442 e. The first-order chi connectivity index (χ1) is 12.8. The van der Waals surface area contributed by atoms with E-state index in [9.17, 15) is 14.0 Å². The second-order valence-corrected chi connectivity index (χ2v) is 7.43. The van der Waals surface area contributed by atoms with Crippen LogP contribution < -0.4 is 15.1 Å². The Morgan fingerprint density at radius 1 is 1.37 bits per heavy atom. The third-order valence-electron chi connectivity index (χ3n) is 4.66. The topological polar surface area (TPSA) is 65.1 Å². The van der Waals surface area contributed by atoms with Gasteiger partial charge in [0.25, 0.3) is 5.24 Å². The molecule has 2 saturated heterocycles. The normalized spacial score (nSPS) is 19.9. The Morgan fingerprint density at radius 2 is 2.07 bits per heavy atom. The number of nitrogens with one attached hydrogen (secondary N) is 1. The number of piperazine rings is 1. The van der Waals surface area contributed by atoms with E-state index < -0.39 is 17.4 Å². The summed E-state index contributed by atoms with van der Waals surface area (Å²) in [4.78, 5) is 29.2. The highest BCUT2D eigenvalue weighted by Crippen LogP contribution is 2.28. The number of carbonyl (C=O) groups is 2. The Morgan fingerprint density at radius 3 is 2.67 bits per heavy atom. The fraction of sp³-hybridized carbons (Fsp3) is 0.471. The van der Waals surface area contributed by atoms with Crippen LogP contribution in [-0.2, 0) is 4.74 Å². The van der Waals surface area contributed by atoms with Gasteiger partial charge >= 0.3 is 6.09 Å². The lowest BCUT2D eigenvalue weighted by Crippen LogP contribution is -2.47. The number of carbonyl (C=O) groups excluding carboxylic acids is 2. The van der Waals surface area contributed by atoms with Crippen molar-refractivity contribution in [2.24, 2.45) is 0 Å². The molecule has 3 rings (SSSR count). The molecule has 2 amide bonds. The van der Waals surface area contributed by atoms with Crippen LogP contribution in [-0.4, -0.2) is 66.6 Å². The molecule has 1 aromatic carbocycles. The molecule has 10 heteroatoms. The van der Waals surface area contributed by atoms with E-state index in [1.54, 1.807) is 12.1 Å². The number of nitrogens with zero attached hydrogens (tertiary/aromatic N) is 3. The van der Waals surface area contributed by atoms with Crippen molar-refractivity contribution >= 4 is 52.5 Å². The van der Waals surface area contributed by atoms with Crippen LogP contribution in [0.2, 0.25) is 0 Å². The monoisotopic (exact) mass is 412 g/mol. The van der Waals surface area contributed by atoms with E-state index in [0.29, 0.717) is 24.5 Å². The molecule has 0 aromatic heterocycles. The second-order valence-electron chi connectivity index (χ2n) is 6.43. The van der Waals surface area contributed by atoms with Gasteiger partial charge in [0.05, 0.1) is 29.5 Å². The van der Waals surface area contributed by atoms with Crippen molar-refractivity contribution in [1.82, 2.24) is 10.2 Å². The number of anilines is 2. The highest BCUT2D eigenvalue weighted by molar-refractivity contribution is 7.96. The summed E-state index contributed by atoms with van der Waals surface area (Å²) in [7, 11) is 0. The van der Waals surface area contributed by atoms with Gasteiger partial charge in [-0.3, -0.25) is 9.69 Å². The summed E-state index contributed by atoms with van der Waals surface area (Å²) in [5.41, 5.74) is 0.932. The van der Waals surface area contributed by atoms with Crippen LogP contribution in [0.5, 0.6) is 0 Å². The van der Waals surface area contributed by atoms with E-state index in [1.165, 1.54) is 11.0 Å². The van der Waals surface area contributed by atoms with Gasteiger partial charge in [-0.25, -0.2) is 9.18 Å². The molecule has 2 heterocycles. The Labute approximate surface area is 167 Å². The lowest BCUT2D eigenvalue weighted by atomic mass is 10.2. The maximum atomic E-state index is 14.7. The van der Waals surface area contributed by atoms with Gasteiger partial charge in [-0.15, -0.1) is 0 Å². The zero-order valence-electron chi connectivity index (χ0n) is 14.9. The Hall–Kier alpha value is -2.07. The summed E-state index contributed by atoms with van der Waals surface area (Å²) in [5.74, 6) is -0.389. The minimum absolute atomic E-state index is 0.161. The molecule has 0 bridgehead atoms. The minimum Gasteiger partial charge on any atom is -0.442 e. The molecule has 0 aliphatic carbocycles.